The summed E-state index contributed by atoms with van der Waals surface area (Å²) < 4.78 is 1.85. The van der Waals surface area contributed by atoms with E-state index in [1.807, 2.05) is 74.0 Å². The number of hydrogen-bond donors (Lipinski definition) is 2. The van der Waals surface area contributed by atoms with Gasteiger partial charge in [0.05, 0.1) is 11.8 Å². The third kappa shape index (κ3) is 6.43. The van der Waals surface area contributed by atoms with Gasteiger partial charge in [0.25, 0.3) is 5.91 Å². The van der Waals surface area contributed by atoms with Crippen molar-refractivity contribution in [3.8, 4) is 0 Å². The highest BCUT2D eigenvalue weighted by Gasteiger charge is 2.25. The number of nitrogens with one attached hydrogen (secondary N) is 2. The predicted octanol–water partition coefficient (Wildman–Crippen LogP) is 3.39. The first-order valence-corrected chi connectivity index (χ1v) is 11.6. The number of aromatic nitrogens is 3. The van der Waals surface area contributed by atoms with Gasteiger partial charge in [0, 0.05) is 19.2 Å². The maximum absolute atomic E-state index is 12.6. The highest BCUT2D eigenvalue weighted by atomic mass is 32.2. The Bertz CT molecular complexity index is 1020. The lowest BCUT2D eigenvalue weighted by atomic mass is 10.0. The van der Waals surface area contributed by atoms with Gasteiger partial charge in [-0.25, -0.2) is 0 Å². The van der Waals surface area contributed by atoms with Gasteiger partial charge in [-0.15, -0.1) is 10.2 Å². The highest BCUT2D eigenvalue weighted by molar-refractivity contribution is 7.99. The van der Waals surface area contributed by atoms with E-state index in [2.05, 4.69) is 20.8 Å². The maximum Gasteiger partial charge on any atom is 0.251 e. The van der Waals surface area contributed by atoms with Crippen LogP contribution >= 0.6 is 11.8 Å². The molecule has 0 aliphatic carbocycles. The lowest BCUT2D eigenvalue weighted by Gasteiger charge is -2.21. The maximum atomic E-state index is 12.6. The molecule has 3 aromatic rings. The number of rotatable bonds is 10. The van der Waals surface area contributed by atoms with Gasteiger partial charge in [0.2, 0.25) is 5.91 Å². The molecular weight excluding hydrogens is 422 g/mol. The molecule has 0 bridgehead atoms. The Hall–Kier alpha value is -3.13. The van der Waals surface area contributed by atoms with Gasteiger partial charge in [-0.05, 0) is 30.0 Å². The lowest BCUT2D eigenvalue weighted by Crippen LogP contribution is -2.33. The number of carbonyl (C=O) groups is 2. The summed E-state index contributed by atoms with van der Waals surface area (Å²) in [6, 6.07) is 18.9. The summed E-state index contributed by atoms with van der Waals surface area (Å²) in [6.07, 6.45) is 0.794. The van der Waals surface area contributed by atoms with Crippen LogP contribution in [0.15, 0.2) is 65.8 Å². The van der Waals surface area contributed by atoms with Crippen LogP contribution < -0.4 is 10.6 Å². The van der Waals surface area contributed by atoms with Gasteiger partial charge in [-0.2, -0.15) is 0 Å². The molecule has 2 amide bonds. The van der Waals surface area contributed by atoms with Crippen molar-refractivity contribution in [1.29, 1.82) is 0 Å². The fourth-order valence-corrected chi connectivity index (χ4v) is 3.99. The Morgan fingerprint density at radius 3 is 2.31 bits per heavy atom. The van der Waals surface area contributed by atoms with Crippen molar-refractivity contribution in [3.63, 3.8) is 0 Å². The minimum atomic E-state index is -0.297. The van der Waals surface area contributed by atoms with Gasteiger partial charge in [0.1, 0.15) is 0 Å². The third-order valence-corrected chi connectivity index (χ3v) is 6.07. The molecule has 0 fully saturated rings. The van der Waals surface area contributed by atoms with Crippen molar-refractivity contribution in [3.05, 3.63) is 77.6 Å². The van der Waals surface area contributed by atoms with Gasteiger partial charge in [0.15, 0.2) is 11.0 Å². The molecule has 0 unspecified atom stereocenters. The predicted molar refractivity (Wildman–Crippen MR) is 126 cm³/mol. The molecule has 0 spiro atoms. The highest BCUT2D eigenvalue weighted by Crippen LogP contribution is 2.24. The monoisotopic (exact) mass is 451 g/mol. The zero-order valence-corrected chi connectivity index (χ0v) is 19.4. The van der Waals surface area contributed by atoms with Crippen LogP contribution in [0.4, 0.5) is 0 Å². The van der Waals surface area contributed by atoms with Crippen LogP contribution in [0.5, 0.6) is 0 Å². The molecule has 2 aromatic carbocycles. The molecule has 0 aliphatic rings. The van der Waals surface area contributed by atoms with E-state index in [0.717, 1.165) is 6.42 Å². The van der Waals surface area contributed by atoms with E-state index in [1.54, 1.807) is 12.1 Å². The summed E-state index contributed by atoms with van der Waals surface area (Å²) in [5.74, 6) is 0.831. The molecular formula is C24H29N5O2S. The molecule has 1 aromatic heterocycles. The van der Waals surface area contributed by atoms with Crippen molar-refractivity contribution >= 4 is 23.6 Å². The van der Waals surface area contributed by atoms with Crippen LogP contribution in [0.1, 0.15) is 41.6 Å². The van der Waals surface area contributed by atoms with E-state index in [1.165, 1.54) is 17.3 Å². The topological polar surface area (TPSA) is 88.9 Å². The summed E-state index contributed by atoms with van der Waals surface area (Å²) >= 11 is 1.33. The number of carbonyl (C=O) groups excluding carboxylic acids is 2. The molecule has 0 saturated carbocycles. The smallest absolute Gasteiger partial charge is 0.251 e. The molecule has 0 saturated heterocycles. The molecule has 0 radical (unpaired) electrons. The van der Waals surface area contributed by atoms with E-state index in [4.69, 9.17) is 0 Å². The Morgan fingerprint density at radius 1 is 1.00 bits per heavy atom. The summed E-state index contributed by atoms with van der Waals surface area (Å²) in [4.78, 5) is 24.9. The second-order valence-corrected chi connectivity index (χ2v) is 8.78. The fraction of sp³-hybridized carbons (Fsp3) is 0.333. The quantitative estimate of drug-likeness (QED) is 0.461. The average Bonchev–Trinajstić information content (AvgIpc) is 3.17. The zero-order chi connectivity index (χ0) is 22.9. The number of amides is 2. The summed E-state index contributed by atoms with van der Waals surface area (Å²) in [5.41, 5.74) is 1.79. The Balaban J connectivity index is 1.55. The summed E-state index contributed by atoms with van der Waals surface area (Å²) in [6.45, 7) is 4.64. The van der Waals surface area contributed by atoms with Gasteiger partial charge < -0.3 is 15.2 Å². The summed E-state index contributed by atoms with van der Waals surface area (Å²) in [7, 11) is 1.86. The SMILES string of the molecule is CC(C)[C@@H](NC(=O)c1ccccc1)c1nnc(SCC(=O)NCCc2ccccc2)n1C. The molecule has 168 valence electrons. The first-order chi connectivity index (χ1) is 15.5. The second-order valence-electron chi connectivity index (χ2n) is 7.84. The van der Waals surface area contributed by atoms with E-state index >= 15 is 0 Å². The van der Waals surface area contributed by atoms with E-state index in [-0.39, 0.29) is 29.5 Å². The van der Waals surface area contributed by atoms with E-state index in [9.17, 15) is 9.59 Å². The third-order valence-electron chi connectivity index (χ3n) is 5.05. The van der Waals surface area contributed by atoms with E-state index < -0.39 is 0 Å². The van der Waals surface area contributed by atoms with Gasteiger partial charge >= 0.3 is 0 Å². The number of thioether (sulfide) groups is 1. The van der Waals surface area contributed by atoms with Crippen molar-refractivity contribution in [1.82, 2.24) is 25.4 Å². The first kappa shape index (κ1) is 23.5. The molecule has 7 nitrogen and oxygen atoms in total. The molecule has 0 aliphatic heterocycles. The first-order valence-electron chi connectivity index (χ1n) is 10.6. The average molecular weight is 452 g/mol. The number of hydrogen-bond acceptors (Lipinski definition) is 5. The summed E-state index contributed by atoms with van der Waals surface area (Å²) in [5, 5.41) is 15.2. The Morgan fingerprint density at radius 2 is 1.66 bits per heavy atom. The minimum Gasteiger partial charge on any atom is -0.355 e. The molecule has 1 heterocycles. The zero-order valence-electron chi connectivity index (χ0n) is 18.6. The van der Waals surface area contributed by atoms with Crippen molar-refractivity contribution in [2.45, 2.75) is 31.5 Å². The van der Waals surface area contributed by atoms with Crippen molar-refractivity contribution < 1.29 is 9.59 Å². The molecule has 8 heteroatoms. The molecule has 32 heavy (non-hydrogen) atoms. The van der Waals surface area contributed by atoms with Crippen LogP contribution in [-0.4, -0.2) is 38.9 Å². The van der Waals surface area contributed by atoms with Crippen molar-refractivity contribution in [2.24, 2.45) is 13.0 Å². The molecule has 2 N–H and O–H groups in total. The van der Waals surface area contributed by atoms with Crippen LogP contribution in [0.25, 0.3) is 0 Å². The Kier molecular flexibility index (Phi) is 8.44. The second kappa shape index (κ2) is 11.5. The van der Waals surface area contributed by atoms with Gasteiger partial charge in [-0.1, -0.05) is 74.1 Å². The standard InChI is InChI=1S/C24H29N5O2S/c1-17(2)21(26-23(31)19-12-8-5-9-13-19)22-27-28-24(29(22)3)32-16-20(30)25-15-14-18-10-6-4-7-11-18/h4-13,17,21H,14-16H2,1-3H3,(H,25,30)(H,26,31)/t21-/m1/s1. The normalized spacial score (nSPS) is 11.9. The van der Waals surface area contributed by atoms with Crippen molar-refractivity contribution in [2.75, 3.05) is 12.3 Å². The largest absolute Gasteiger partial charge is 0.355 e. The number of nitrogens with zero attached hydrogens (tertiary/aromatic N) is 3. The van der Waals surface area contributed by atoms with Crippen LogP contribution in [0, 0.1) is 5.92 Å². The minimum absolute atomic E-state index is 0.0479. The van der Waals surface area contributed by atoms with Gasteiger partial charge in [-0.3, -0.25) is 9.59 Å². The number of benzene rings is 2. The Labute approximate surface area is 193 Å². The fourth-order valence-electron chi connectivity index (χ4n) is 3.24. The van der Waals surface area contributed by atoms with Crippen LogP contribution in [0.3, 0.4) is 0 Å². The van der Waals surface area contributed by atoms with E-state index in [0.29, 0.717) is 23.1 Å². The molecule has 3 rings (SSSR count). The lowest BCUT2D eigenvalue weighted by molar-refractivity contribution is -0.118. The van der Waals surface area contributed by atoms with Crippen LogP contribution in [0.2, 0.25) is 0 Å². The van der Waals surface area contributed by atoms with Crippen LogP contribution in [-0.2, 0) is 18.3 Å². The molecule has 1 atom stereocenters.